The zero-order valence-corrected chi connectivity index (χ0v) is 18.5. The average Bonchev–Trinajstić information content (AvgIpc) is 3.17. The van der Waals surface area contributed by atoms with Crippen molar-refractivity contribution in [3.05, 3.63) is 36.0 Å². The molecule has 0 saturated carbocycles. The van der Waals surface area contributed by atoms with Gasteiger partial charge in [0, 0.05) is 25.2 Å². The van der Waals surface area contributed by atoms with Crippen molar-refractivity contribution in [2.24, 2.45) is 11.8 Å². The monoisotopic (exact) mass is 416 g/mol. The number of benzene rings is 1. The molecule has 30 heavy (non-hydrogen) atoms. The molecule has 6 nitrogen and oxygen atoms in total. The van der Waals surface area contributed by atoms with Gasteiger partial charge in [-0.3, -0.25) is 9.69 Å². The van der Waals surface area contributed by atoms with Crippen molar-refractivity contribution in [1.82, 2.24) is 19.9 Å². The average molecular weight is 417 g/mol. The molecule has 2 heterocycles. The minimum absolute atomic E-state index is 0.0880. The number of nitrogens with zero attached hydrogens (tertiary/aromatic N) is 4. The highest BCUT2D eigenvalue weighted by atomic mass is 19.1. The molecule has 2 aromatic rings. The van der Waals surface area contributed by atoms with Crippen LogP contribution in [0.4, 0.5) is 4.39 Å². The minimum atomic E-state index is -0.325. The first-order chi connectivity index (χ1) is 14.3. The number of amides is 1. The van der Waals surface area contributed by atoms with Crippen molar-refractivity contribution in [3.63, 3.8) is 0 Å². The fourth-order valence-corrected chi connectivity index (χ4v) is 4.00. The zero-order chi connectivity index (χ0) is 21.7. The van der Waals surface area contributed by atoms with Crippen molar-refractivity contribution in [1.29, 1.82) is 0 Å². The maximum atomic E-state index is 13.5. The van der Waals surface area contributed by atoms with Gasteiger partial charge >= 0.3 is 0 Å². The summed E-state index contributed by atoms with van der Waals surface area (Å²) in [4.78, 5) is 21.6. The fourth-order valence-electron chi connectivity index (χ4n) is 4.00. The van der Waals surface area contributed by atoms with Crippen LogP contribution in [0.25, 0.3) is 11.4 Å². The quantitative estimate of drug-likeness (QED) is 0.646. The normalized spacial score (nSPS) is 17.6. The lowest BCUT2D eigenvalue weighted by molar-refractivity contribution is -0.133. The Bertz CT molecular complexity index is 826. The van der Waals surface area contributed by atoms with Crippen molar-refractivity contribution < 1.29 is 13.7 Å². The standard InChI is InChI=1S/C23H33FN4O2/c1-16(2)12-28(13-17(3)4)21(29)15-27-10-6-8-19(14-27)23-25-22(26-30-23)18-7-5-9-20(24)11-18/h5,7,9,11,16-17,19H,6,8,10,12-15H2,1-4H3. The number of rotatable bonds is 8. The molecular weight excluding hydrogens is 383 g/mol. The summed E-state index contributed by atoms with van der Waals surface area (Å²) in [5, 5.41) is 4.04. The molecule has 0 N–H and O–H groups in total. The first-order valence-electron chi connectivity index (χ1n) is 10.9. The Balaban J connectivity index is 1.63. The Morgan fingerprint density at radius 2 is 2.00 bits per heavy atom. The highest BCUT2D eigenvalue weighted by Crippen LogP contribution is 2.27. The van der Waals surface area contributed by atoms with E-state index in [0.29, 0.717) is 42.2 Å². The maximum absolute atomic E-state index is 13.5. The van der Waals surface area contributed by atoms with Gasteiger partial charge in [0.15, 0.2) is 0 Å². The molecule has 0 bridgehead atoms. The second-order valence-corrected chi connectivity index (χ2v) is 9.13. The number of carbonyl (C=O) groups excluding carboxylic acids is 1. The number of aromatic nitrogens is 2. The van der Waals surface area contributed by atoms with Crippen molar-refractivity contribution >= 4 is 5.91 Å². The van der Waals surface area contributed by atoms with Gasteiger partial charge in [0.05, 0.1) is 12.5 Å². The van der Waals surface area contributed by atoms with Crippen LogP contribution in [0.1, 0.15) is 52.3 Å². The Morgan fingerprint density at radius 3 is 2.67 bits per heavy atom. The topological polar surface area (TPSA) is 62.5 Å². The van der Waals surface area contributed by atoms with Crippen molar-refractivity contribution in [2.75, 3.05) is 32.7 Å². The van der Waals surface area contributed by atoms with E-state index in [0.717, 1.165) is 32.5 Å². The molecule has 1 aromatic carbocycles. The van der Waals surface area contributed by atoms with Gasteiger partial charge < -0.3 is 9.42 Å². The summed E-state index contributed by atoms with van der Waals surface area (Å²) in [5.74, 6) is 1.80. The molecule has 7 heteroatoms. The third-order valence-electron chi connectivity index (χ3n) is 5.26. The van der Waals surface area contributed by atoms with Gasteiger partial charge in [-0.05, 0) is 43.4 Å². The lowest BCUT2D eigenvalue weighted by Crippen LogP contribution is -2.46. The van der Waals surface area contributed by atoms with E-state index >= 15 is 0 Å². The predicted octanol–water partition coefficient (Wildman–Crippen LogP) is 4.20. The van der Waals surface area contributed by atoms with Crippen molar-refractivity contribution in [3.8, 4) is 11.4 Å². The molecule has 164 valence electrons. The van der Waals surface area contributed by atoms with Gasteiger partial charge in [-0.15, -0.1) is 0 Å². The van der Waals surface area contributed by atoms with E-state index in [2.05, 4.69) is 42.7 Å². The Kier molecular flexibility index (Phi) is 7.58. The van der Waals surface area contributed by atoms with Crippen LogP contribution in [0.3, 0.4) is 0 Å². The van der Waals surface area contributed by atoms with Crippen LogP contribution in [0.15, 0.2) is 28.8 Å². The van der Waals surface area contributed by atoms with Crippen molar-refractivity contribution in [2.45, 2.75) is 46.5 Å². The number of likely N-dealkylation sites (tertiary alicyclic amines) is 1. The Morgan fingerprint density at radius 1 is 1.27 bits per heavy atom. The third kappa shape index (κ3) is 6.11. The van der Waals surface area contributed by atoms with Crippen LogP contribution >= 0.6 is 0 Å². The third-order valence-corrected chi connectivity index (χ3v) is 5.26. The molecule has 0 spiro atoms. The maximum Gasteiger partial charge on any atom is 0.236 e. The first-order valence-corrected chi connectivity index (χ1v) is 10.9. The molecule has 3 rings (SSSR count). The molecule has 1 amide bonds. The summed E-state index contributed by atoms with van der Waals surface area (Å²) < 4.78 is 19.0. The van der Waals surface area contributed by atoms with Gasteiger partial charge in [-0.2, -0.15) is 4.98 Å². The van der Waals surface area contributed by atoms with E-state index in [1.165, 1.54) is 12.1 Å². The number of halogens is 1. The smallest absolute Gasteiger partial charge is 0.236 e. The van der Waals surface area contributed by atoms with Gasteiger partial charge in [-0.1, -0.05) is 45.0 Å². The van der Waals surface area contributed by atoms with Gasteiger partial charge in [0.2, 0.25) is 17.6 Å². The number of piperidine rings is 1. The van der Waals surface area contributed by atoms with Crippen LogP contribution in [0.5, 0.6) is 0 Å². The minimum Gasteiger partial charge on any atom is -0.341 e. The lowest BCUT2D eigenvalue weighted by atomic mass is 9.98. The van der Waals surface area contributed by atoms with Crippen LogP contribution in [0.2, 0.25) is 0 Å². The zero-order valence-electron chi connectivity index (χ0n) is 18.5. The molecular formula is C23H33FN4O2. The summed E-state index contributed by atoms with van der Waals surface area (Å²) in [5.41, 5.74) is 0.603. The molecule has 1 aromatic heterocycles. The molecule has 0 radical (unpaired) electrons. The van der Waals surface area contributed by atoms with E-state index in [1.807, 2.05) is 4.90 Å². The molecule has 1 aliphatic heterocycles. The second-order valence-electron chi connectivity index (χ2n) is 9.13. The van der Waals surface area contributed by atoms with Gasteiger partial charge in [-0.25, -0.2) is 4.39 Å². The number of hydrogen-bond donors (Lipinski definition) is 0. The molecule has 0 aliphatic carbocycles. The highest BCUT2D eigenvalue weighted by molar-refractivity contribution is 5.78. The number of carbonyl (C=O) groups is 1. The Labute approximate surface area is 178 Å². The van der Waals surface area contributed by atoms with Gasteiger partial charge in [0.1, 0.15) is 5.82 Å². The van der Waals surface area contributed by atoms with E-state index < -0.39 is 0 Å². The van der Waals surface area contributed by atoms with E-state index in [1.54, 1.807) is 12.1 Å². The van der Waals surface area contributed by atoms with E-state index in [-0.39, 0.29) is 17.6 Å². The molecule has 1 aliphatic rings. The van der Waals surface area contributed by atoms with Crippen LogP contribution in [-0.4, -0.2) is 58.6 Å². The first kappa shape index (κ1) is 22.4. The summed E-state index contributed by atoms with van der Waals surface area (Å²) in [6.45, 7) is 12.2. The summed E-state index contributed by atoms with van der Waals surface area (Å²) in [7, 11) is 0. The molecule has 1 atom stereocenters. The largest absolute Gasteiger partial charge is 0.341 e. The van der Waals surface area contributed by atoms with E-state index in [4.69, 9.17) is 4.52 Å². The van der Waals surface area contributed by atoms with Gasteiger partial charge in [0.25, 0.3) is 0 Å². The molecule has 1 unspecified atom stereocenters. The van der Waals surface area contributed by atoms with Crippen LogP contribution in [0, 0.1) is 17.7 Å². The van der Waals surface area contributed by atoms with Crippen LogP contribution in [-0.2, 0) is 4.79 Å². The second kappa shape index (κ2) is 10.2. The Hall–Kier alpha value is -2.28. The lowest BCUT2D eigenvalue weighted by Gasteiger charge is -2.33. The highest BCUT2D eigenvalue weighted by Gasteiger charge is 2.28. The summed E-state index contributed by atoms with van der Waals surface area (Å²) in [6, 6.07) is 6.19. The fraction of sp³-hybridized carbons (Fsp3) is 0.609. The predicted molar refractivity (Wildman–Crippen MR) is 114 cm³/mol. The van der Waals surface area contributed by atoms with Crippen LogP contribution < -0.4 is 0 Å². The summed E-state index contributed by atoms with van der Waals surface area (Å²) in [6.07, 6.45) is 1.92. The summed E-state index contributed by atoms with van der Waals surface area (Å²) >= 11 is 0. The molecule has 1 saturated heterocycles. The van der Waals surface area contributed by atoms with E-state index in [9.17, 15) is 9.18 Å². The number of hydrogen-bond acceptors (Lipinski definition) is 5. The SMILES string of the molecule is CC(C)CN(CC(C)C)C(=O)CN1CCCC(c2nc(-c3cccc(F)c3)no2)C1. The molecule has 1 fully saturated rings.